The van der Waals surface area contributed by atoms with Crippen molar-refractivity contribution in [3.8, 4) is 0 Å². The molecule has 0 aliphatic heterocycles. The molecule has 0 radical (unpaired) electrons. The van der Waals surface area contributed by atoms with E-state index in [1.807, 2.05) is 14.0 Å². The molecule has 0 unspecified atom stereocenters. The lowest BCUT2D eigenvalue weighted by atomic mass is 10.3. The maximum absolute atomic E-state index is 5.96. The van der Waals surface area contributed by atoms with Crippen LogP contribution >= 0.6 is 0 Å². The predicted molar refractivity (Wildman–Crippen MR) is 60.8 cm³/mol. The van der Waals surface area contributed by atoms with Crippen molar-refractivity contribution < 1.29 is 4.52 Å². The standard InChI is InChI=1S/C10H15N5O/c1-3-8-9(11)10(15(2)14-8)12-6-7-4-5-13-16-7/h4-5,12H,3,6,11H2,1-2H3. The van der Waals surface area contributed by atoms with Gasteiger partial charge in [-0.3, -0.25) is 4.68 Å². The summed E-state index contributed by atoms with van der Waals surface area (Å²) in [7, 11) is 1.86. The zero-order chi connectivity index (χ0) is 11.5. The first-order valence-corrected chi connectivity index (χ1v) is 5.17. The number of hydrogen-bond donors (Lipinski definition) is 2. The lowest BCUT2D eigenvalue weighted by Gasteiger charge is -2.04. The summed E-state index contributed by atoms with van der Waals surface area (Å²) in [4.78, 5) is 0. The Labute approximate surface area is 93.4 Å². The van der Waals surface area contributed by atoms with Crippen LogP contribution in [-0.2, 0) is 20.0 Å². The fraction of sp³-hybridized carbons (Fsp3) is 0.400. The van der Waals surface area contributed by atoms with Crippen molar-refractivity contribution in [2.45, 2.75) is 19.9 Å². The highest BCUT2D eigenvalue weighted by Crippen LogP contribution is 2.22. The van der Waals surface area contributed by atoms with E-state index in [-0.39, 0.29) is 0 Å². The molecule has 6 nitrogen and oxygen atoms in total. The third-order valence-corrected chi connectivity index (χ3v) is 2.42. The van der Waals surface area contributed by atoms with Gasteiger partial charge in [0.15, 0.2) is 5.76 Å². The summed E-state index contributed by atoms with van der Waals surface area (Å²) in [5.41, 5.74) is 7.57. The summed E-state index contributed by atoms with van der Waals surface area (Å²) in [5, 5.41) is 11.1. The molecule has 0 amide bonds. The van der Waals surface area contributed by atoms with E-state index >= 15 is 0 Å². The molecule has 0 fully saturated rings. The van der Waals surface area contributed by atoms with Crippen LogP contribution in [0.4, 0.5) is 11.5 Å². The topological polar surface area (TPSA) is 81.9 Å². The molecule has 2 aromatic rings. The van der Waals surface area contributed by atoms with E-state index in [1.165, 1.54) is 0 Å². The van der Waals surface area contributed by atoms with Gasteiger partial charge in [-0.25, -0.2) is 0 Å². The van der Waals surface area contributed by atoms with Crippen molar-refractivity contribution in [2.24, 2.45) is 7.05 Å². The molecule has 0 saturated carbocycles. The van der Waals surface area contributed by atoms with E-state index in [0.717, 1.165) is 23.7 Å². The van der Waals surface area contributed by atoms with Crippen molar-refractivity contribution in [1.29, 1.82) is 0 Å². The SMILES string of the molecule is CCc1nn(C)c(NCc2ccno2)c1N. The lowest BCUT2D eigenvalue weighted by molar-refractivity contribution is 0.387. The van der Waals surface area contributed by atoms with E-state index in [1.54, 1.807) is 16.9 Å². The Kier molecular flexibility index (Phi) is 2.80. The highest BCUT2D eigenvalue weighted by Gasteiger charge is 2.11. The number of hydrogen-bond acceptors (Lipinski definition) is 5. The van der Waals surface area contributed by atoms with Gasteiger partial charge in [0.25, 0.3) is 0 Å². The second-order valence-corrected chi connectivity index (χ2v) is 3.52. The van der Waals surface area contributed by atoms with E-state index in [9.17, 15) is 0 Å². The summed E-state index contributed by atoms with van der Waals surface area (Å²) in [6.45, 7) is 2.58. The Morgan fingerprint density at radius 1 is 1.56 bits per heavy atom. The second kappa shape index (κ2) is 4.26. The van der Waals surface area contributed by atoms with Gasteiger partial charge >= 0.3 is 0 Å². The van der Waals surface area contributed by atoms with Gasteiger partial charge in [-0.1, -0.05) is 12.1 Å². The molecule has 0 atom stereocenters. The van der Waals surface area contributed by atoms with Crippen LogP contribution in [0, 0.1) is 0 Å². The average molecular weight is 221 g/mol. The van der Waals surface area contributed by atoms with E-state index in [2.05, 4.69) is 15.6 Å². The normalized spacial score (nSPS) is 10.6. The molecule has 2 rings (SSSR count). The number of aromatic nitrogens is 3. The highest BCUT2D eigenvalue weighted by molar-refractivity contribution is 5.64. The number of nitrogens with one attached hydrogen (secondary N) is 1. The summed E-state index contributed by atoms with van der Waals surface area (Å²) in [6.07, 6.45) is 2.44. The first-order valence-electron chi connectivity index (χ1n) is 5.17. The van der Waals surface area contributed by atoms with Crippen LogP contribution in [0.1, 0.15) is 18.4 Å². The molecule has 0 aromatic carbocycles. The van der Waals surface area contributed by atoms with Crippen LogP contribution in [0.5, 0.6) is 0 Å². The second-order valence-electron chi connectivity index (χ2n) is 3.52. The van der Waals surface area contributed by atoms with Gasteiger partial charge in [-0.2, -0.15) is 5.10 Å². The molecule has 2 aromatic heterocycles. The molecule has 0 aliphatic rings. The maximum atomic E-state index is 5.96. The van der Waals surface area contributed by atoms with Gasteiger partial charge in [0.2, 0.25) is 0 Å². The van der Waals surface area contributed by atoms with Crippen LogP contribution in [0.2, 0.25) is 0 Å². The van der Waals surface area contributed by atoms with E-state index in [4.69, 9.17) is 10.3 Å². The smallest absolute Gasteiger partial charge is 0.155 e. The number of rotatable bonds is 4. The molecular weight excluding hydrogens is 206 g/mol. The summed E-state index contributed by atoms with van der Waals surface area (Å²) in [5.74, 6) is 1.58. The zero-order valence-corrected chi connectivity index (χ0v) is 9.40. The predicted octanol–water partition coefficient (Wildman–Crippen LogP) is 1.16. The molecular formula is C10H15N5O. The first-order chi connectivity index (χ1) is 7.72. The molecule has 3 N–H and O–H groups in total. The number of nitrogens with two attached hydrogens (primary N) is 1. The minimum atomic E-state index is 0.548. The van der Waals surface area contributed by atoms with Crippen molar-refractivity contribution >= 4 is 11.5 Å². The number of aryl methyl sites for hydroxylation is 2. The van der Waals surface area contributed by atoms with E-state index < -0.39 is 0 Å². The van der Waals surface area contributed by atoms with Crippen LogP contribution in [0.15, 0.2) is 16.8 Å². The van der Waals surface area contributed by atoms with Gasteiger partial charge in [0.05, 0.1) is 24.1 Å². The molecule has 86 valence electrons. The Balaban J connectivity index is 2.12. The minimum Gasteiger partial charge on any atom is -0.394 e. The lowest BCUT2D eigenvalue weighted by Crippen LogP contribution is -2.05. The number of nitrogens with zero attached hydrogens (tertiary/aromatic N) is 3. The number of anilines is 2. The fourth-order valence-electron chi connectivity index (χ4n) is 1.57. The quantitative estimate of drug-likeness (QED) is 0.809. The largest absolute Gasteiger partial charge is 0.394 e. The van der Waals surface area contributed by atoms with Crippen molar-refractivity contribution in [2.75, 3.05) is 11.1 Å². The van der Waals surface area contributed by atoms with Crippen LogP contribution in [-0.4, -0.2) is 14.9 Å². The summed E-state index contributed by atoms with van der Waals surface area (Å²) >= 11 is 0. The average Bonchev–Trinajstić information content (AvgIpc) is 2.86. The minimum absolute atomic E-state index is 0.548. The van der Waals surface area contributed by atoms with Crippen LogP contribution in [0.3, 0.4) is 0 Å². The Morgan fingerprint density at radius 2 is 2.38 bits per heavy atom. The fourth-order valence-corrected chi connectivity index (χ4v) is 1.57. The monoisotopic (exact) mass is 221 g/mol. The van der Waals surface area contributed by atoms with Crippen molar-refractivity contribution in [3.05, 3.63) is 23.7 Å². The Bertz CT molecular complexity index is 460. The van der Waals surface area contributed by atoms with Gasteiger partial charge in [0, 0.05) is 13.1 Å². The Hall–Kier alpha value is -1.98. The molecule has 0 aliphatic carbocycles. The summed E-state index contributed by atoms with van der Waals surface area (Å²) in [6, 6.07) is 1.81. The van der Waals surface area contributed by atoms with Gasteiger partial charge < -0.3 is 15.6 Å². The van der Waals surface area contributed by atoms with Crippen molar-refractivity contribution in [1.82, 2.24) is 14.9 Å². The number of nitrogen functional groups attached to an aromatic ring is 1. The zero-order valence-electron chi connectivity index (χ0n) is 9.40. The molecule has 0 bridgehead atoms. The molecule has 0 saturated heterocycles. The van der Waals surface area contributed by atoms with Crippen molar-refractivity contribution in [3.63, 3.8) is 0 Å². The summed E-state index contributed by atoms with van der Waals surface area (Å²) < 4.78 is 6.73. The third kappa shape index (κ3) is 1.86. The molecule has 2 heterocycles. The Morgan fingerprint density at radius 3 is 2.94 bits per heavy atom. The first kappa shape index (κ1) is 10.5. The molecule has 0 spiro atoms. The third-order valence-electron chi connectivity index (χ3n) is 2.42. The van der Waals surface area contributed by atoms with Crippen LogP contribution in [0.25, 0.3) is 0 Å². The van der Waals surface area contributed by atoms with Crippen LogP contribution < -0.4 is 11.1 Å². The van der Waals surface area contributed by atoms with Gasteiger partial charge in [-0.05, 0) is 6.42 Å². The van der Waals surface area contributed by atoms with Gasteiger partial charge in [-0.15, -0.1) is 0 Å². The molecule has 6 heteroatoms. The molecule has 16 heavy (non-hydrogen) atoms. The van der Waals surface area contributed by atoms with Gasteiger partial charge in [0.1, 0.15) is 5.82 Å². The highest BCUT2D eigenvalue weighted by atomic mass is 16.5. The van der Waals surface area contributed by atoms with E-state index in [0.29, 0.717) is 12.2 Å². The maximum Gasteiger partial charge on any atom is 0.155 e.